The van der Waals surface area contributed by atoms with E-state index in [0.717, 1.165) is 0 Å². The van der Waals surface area contributed by atoms with E-state index < -0.39 is 5.38 Å². The number of ether oxygens (including phenoxy) is 1. The predicted octanol–water partition coefficient (Wildman–Crippen LogP) is 0.881. The minimum Gasteiger partial charge on any atom is -0.469 e. The minimum atomic E-state index is -0.565. The zero-order valence-corrected chi connectivity index (χ0v) is 9.67. The molecule has 0 rings (SSSR count). The lowest BCUT2D eigenvalue weighted by Crippen LogP contribution is -2.37. The van der Waals surface area contributed by atoms with Gasteiger partial charge >= 0.3 is 5.97 Å². The van der Waals surface area contributed by atoms with Gasteiger partial charge in [0.05, 0.1) is 13.0 Å². The summed E-state index contributed by atoms with van der Waals surface area (Å²) < 4.78 is 4.54. The highest BCUT2D eigenvalue weighted by Gasteiger charge is 2.20. The molecule has 82 valence electrons. The maximum absolute atomic E-state index is 11.3. The van der Waals surface area contributed by atoms with Gasteiger partial charge in [-0.05, 0) is 6.92 Å². The molecule has 0 aromatic carbocycles. The molecule has 0 radical (unpaired) electrons. The molecule has 0 aromatic heterocycles. The first-order valence-corrected chi connectivity index (χ1v) is 4.80. The van der Waals surface area contributed by atoms with Gasteiger partial charge in [-0.1, -0.05) is 6.92 Å². The molecule has 4 nitrogen and oxygen atoms in total. The summed E-state index contributed by atoms with van der Waals surface area (Å²) >= 11 is 5.61. The van der Waals surface area contributed by atoms with Gasteiger partial charge in [0.2, 0.25) is 5.91 Å². The van der Waals surface area contributed by atoms with Crippen molar-refractivity contribution in [2.24, 2.45) is 5.92 Å². The van der Waals surface area contributed by atoms with Crippen LogP contribution in [0.3, 0.4) is 0 Å². The lowest BCUT2D eigenvalue weighted by atomic mass is 10.1. The van der Waals surface area contributed by atoms with Gasteiger partial charge in [0.1, 0.15) is 5.38 Å². The van der Waals surface area contributed by atoms with Crippen LogP contribution in [0.15, 0.2) is 0 Å². The molecule has 14 heavy (non-hydrogen) atoms. The Balaban J connectivity index is 4.12. The highest BCUT2D eigenvalue weighted by atomic mass is 35.5. The molecule has 0 saturated heterocycles. The molecule has 2 atom stereocenters. The Labute approximate surface area is 89.2 Å². The zero-order valence-electron chi connectivity index (χ0n) is 8.91. The number of carbonyl (C=O) groups excluding carboxylic acids is 2. The Morgan fingerprint density at radius 2 is 1.93 bits per heavy atom. The van der Waals surface area contributed by atoms with E-state index >= 15 is 0 Å². The summed E-state index contributed by atoms with van der Waals surface area (Å²) in [5, 5.41) is -0.565. The van der Waals surface area contributed by atoms with Crippen molar-refractivity contribution in [3.8, 4) is 0 Å². The summed E-state index contributed by atoms with van der Waals surface area (Å²) in [6, 6.07) is 0. The average Bonchev–Trinajstić information content (AvgIpc) is 2.14. The Kier molecular flexibility index (Phi) is 5.53. The van der Waals surface area contributed by atoms with Crippen molar-refractivity contribution in [1.29, 1.82) is 0 Å². The second-order valence-corrected chi connectivity index (χ2v) is 3.91. The van der Waals surface area contributed by atoms with Crippen molar-refractivity contribution in [3.63, 3.8) is 0 Å². The molecular weight excluding hydrogens is 206 g/mol. The van der Waals surface area contributed by atoms with Gasteiger partial charge in [-0.3, -0.25) is 9.59 Å². The first-order chi connectivity index (χ1) is 6.40. The van der Waals surface area contributed by atoms with E-state index in [2.05, 4.69) is 4.74 Å². The fourth-order valence-electron chi connectivity index (χ4n) is 1.08. The summed E-state index contributed by atoms with van der Waals surface area (Å²) in [7, 11) is 2.94. The van der Waals surface area contributed by atoms with Gasteiger partial charge in [-0.25, -0.2) is 0 Å². The summed E-state index contributed by atoms with van der Waals surface area (Å²) in [5.41, 5.74) is 0. The van der Waals surface area contributed by atoms with Crippen LogP contribution < -0.4 is 0 Å². The third kappa shape index (κ3) is 3.96. The average molecular weight is 222 g/mol. The normalized spacial score (nSPS) is 14.4. The highest BCUT2D eigenvalue weighted by molar-refractivity contribution is 6.30. The molecule has 0 aliphatic heterocycles. The molecule has 2 unspecified atom stereocenters. The molecule has 5 heteroatoms. The fraction of sp³-hybridized carbons (Fsp3) is 0.778. The number of halogens is 1. The topological polar surface area (TPSA) is 46.6 Å². The number of amides is 1. The van der Waals surface area contributed by atoms with Gasteiger partial charge in [0, 0.05) is 13.6 Å². The maximum atomic E-state index is 11.3. The molecular formula is C9H16ClNO3. The second-order valence-electron chi connectivity index (χ2n) is 3.26. The zero-order chi connectivity index (χ0) is 11.3. The number of esters is 1. The monoisotopic (exact) mass is 221 g/mol. The van der Waals surface area contributed by atoms with Crippen LogP contribution in [0.5, 0.6) is 0 Å². The van der Waals surface area contributed by atoms with Crippen LogP contribution in [0.2, 0.25) is 0 Å². The maximum Gasteiger partial charge on any atom is 0.310 e. The molecule has 0 aromatic rings. The number of carbonyl (C=O) groups is 2. The highest BCUT2D eigenvalue weighted by Crippen LogP contribution is 2.04. The minimum absolute atomic E-state index is 0.192. The number of hydrogen-bond donors (Lipinski definition) is 0. The summed E-state index contributed by atoms with van der Waals surface area (Å²) in [6.07, 6.45) is 0. The molecule has 0 aliphatic carbocycles. The van der Waals surface area contributed by atoms with Crippen molar-refractivity contribution in [2.75, 3.05) is 20.7 Å². The van der Waals surface area contributed by atoms with E-state index in [1.54, 1.807) is 20.9 Å². The van der Waals surface area contributed by atoms with E-state index in [1.807, 2.05) is 0 Å². The molecule has 0 fully saturated rings. The van der Waals surface area contributed by atoms with Crippen LogP contribution in [0.25, 0.3) is 0 Å². The van der Waals surface area contributed by atoms with Crippen molar-refractivity contribution in [2.45, 2.75) is 19.2 Å². The summed E-state index contributed by atoms with van der Waals surface area (Å²) in [5.74, 6) is -0.848. The van der Waals surface area contributed by atoms with Gasteiger partial charge < -0.3 is 9.64 Å². The molecule has 0 N–H and O–H groups in total. The van der Waals surface area contributed by atoms with E-state index in [-0.39, 0.29) is 17.8 Å². The Morgan fingerprint density at radius 1 is 1.43 bits per heavy atom. The molecule has 0 heterocycles. The first kappa shape index (κ1) is 13.2. The van der Waals surface area contributed by atoms with E-state index in [4.69, 9.17) is 11.6 Å². The third-order valence-corrected chi connectivity index (χ3v) is 2.05. The molecule has 1 amide bonds. The Morgan fingerprint density at radius 3 is 2.29 bits per heavy atom. The standard InChI is InChI=1S/C9H16ClNO3/c1-6(9(13)14-4)5-11(3)8(12)7(2)10/h6-7H,5H2,1-4H3. The van der Waals surface area contributed by atoms with Gasteiger partial charge in [-0.15, -0.1) is 11.6 Å². The molecule has 0 spiro atoms. The molecule has 0 aliphatic rings. The third-order valence-electron chi connectivity index (χ3n) is 1.87. The second kappa shape index (κ2) is 5.86. The van der Waals surface area contributed by atoms with Crippen LogP contribution in [-0.2, 0) is 14.3 Å². The van der Waals surface area contributed by atoms with Gasteiger partial charge in [0.15, 0.2) is 0 Å². The van der Waals surface area contributed by atoms with Crippen LogP contribution in [0, 0.1) is 5.92 Å². The first-order valence-electron chi connectivity index (χ1n) is 4.37. The van der Waals surface area contributed by atoms with Crippen LogP contribution in [0.4, 0.5) is 0 Å². The summed E-state index contributed by atoms with van der Waals surface area (Å²) in [4.78, 5) is 23.8. The van der Waals surface area contributed by atoms with E-state index in [1.165, 1.54) is 12.0 Å². The Hall–Kier alpha value is -0.770. The quantitative estimate of drug-likeness (QED) is 0.523. The largest absolute Gasteiger partial charge is 0.469 e. The molecule has 0 saturated carbocycles. The van der Waals surface area contributed by atoms with Gasteiger partial charge in [-0.2, -0.15) is 0 Å². The van der Waals surface area contributed by atoms with Crippen molar-refractivity contribution < 1.29 is 14.3 Å². The van der Waals surface area contributed by atoms with E-state index in [9.17, 15) is 9.59 Å². The van der Waals surface area contributed by atoms with E-state index in [0.29, 0.717) is 6.54 Å². The van der Waals surface area contributed by atoms with Gasteiger partial charge in [0.25, 0.3) is 0 Å². The number of methoxy groups -OCH3 is 1. The van der Waals surface area contributed by atoms with Crippen LogP contribution >= 0.6 is 11.6 Å². The number of rotatable bonds is 4. The fourth-order valence-corrected chi connectivity index (χ4v) is 1.25. The lowest BCUT2D eigenvalue weighted by molar-refractivity contribution is -0.146. The predicted molar refractivity (Wildman–Crippen MR) is 54.1 cm³/mol. The Bertz CT molecular complexity index is 218. The van der Waals surface area contributed by atoms with Crippen molar-refractivity contribution in [3.05, 3.63) is 0 Å². The van der Waals surface area contributed by atoms with Crippen LogP contribution in [0.1, 0.15) is 13.8 Å². The molecule has 0 bridgehead atoms. The lowest BCUT2D eigenvalue weighted by Gasteiger charge is -2.21. The van der Waals surface area contributed by atoms with Crippen molar-refractivity contribution >= 4 is 23.5 Å². The number of hydrogen-bond acceptors (Lipinski definition) is 3. The van der Waals surface area contributed by atoms with Crippen molar-refractivity contribution in [1.82, 2.24) is 4.90 Å². The smallest absolute Gasteiger partial charge is 0.310 e. The van der Waals surface area contributed by atoms with Crippen LogP contribution in [-0.4, -0.2) is 42.9 Å². The number of nitrogens with zero attached hydrogens (tertiary/aromatic N) is 1. The summed E-state index contributed by atoms with van der Waals surface area (Å²) in [6.45, 7) is 3.63. The SMILES string of the molecule is COC(=O)C(C)CN(C)C(=O)C(C)Cl. The number of alkyl halides is 1.